The smallest absolute Gasteiger partial charge is 0.223 e. The van der Waals surface area contributed by atoms with Crippen LogP contribution in [0.4, 0.5) is 0 Å². The van der Waals surface area contributed by atoms with Crippen molar-refractivity contribution in [3.63, 3.8) is 0 Å². The monoisotopic (exact) mass is 351 g/mol. The van der Waals surface area contributed by atoms with E-state index in [1.807, 2.05) is 0 Å². The summed E-state index contributed by atoms with van der Waals surface area (Å²) in [6.07, 6.45) is 12.1. The molecule has 2 heterocycles. The van der Waals surface area contributed by atoms with Gasteiger partial charge in [-0.25, -0.2) is 0 Å². The Labute approximate surface area is 153 Å². The first-order chi connectivity index (χ1) is 12.3. The lowest BCUT2D eigenvalue weighted by atomic mass is 9.94. The number of aliphatic hydroxyl groups is 1. The van der Waals surface area contributed by atoms with Crippen molar-refractivity contribution in [1.29, 1.82) is 0 Å². The van der Waals surface area contributed by atoms with Crippen molar-refractivity contribution < 1.29 is 9.90 Å². The Kier molecular flexibility index (Phi) is 7.56. The molecule has 0 spiro atoms. The molecule has 1 unspecified atom stereocenters. The Morgan fingerprint density at radius 1 is 0.960 bits per heavy atom. The van der Waals surface area contributed by atoms with Gasteiger partial charge in [-0.15, -0.1) is 0 Å². The van der Waals surface area contributed by atoms with Crippen LogP contribution in [0.1, 0.15) is 64.2 Å². The molecule has 2 aliphatic heterocycles. The lowest BCUT2D eigenvalue weighted by Crippen LogP contribution is -2.45. The van der Waals surface area contributed by atoms with Crippen LogP contribution in [0, 0.1) is 5.92 Å². The van der Waals surface area contributed by atoms with E-state index in [4.69, 9.17) is 0 Å². The number of carbonyl (C=O) groups excluding carboxylic acids is 1. The minimum Gasteiger partial charge on any atom is -0.395 e. The Morgan fingerprint density at radius 3 is 2.40 bits per heavy atom. The second kappa shape index (κ2) is 9.89. The predicted molar refractivity (Wildman–Crippen MR) is 100 cm³/mol. The molecular formula is C20H37N3O2. The summed E-state index contributed by atoms with van der Waals surface area (Å²) in [4.78, 5) is 17.4. The van der Waals surface area contributed by atoms with Crippen LogP contribution in [-0.4, -0.2) is 72.2 Å². The van der Waals surface area contributed by atoms with Gasteiger partial charge in [0.25, 0.3) is 0 Å². The summed E-state index contributed by atoms with van der Waals surface area (Å²) in [5, 5.41) is 12.6. The third kappa shape index (κ3) is 5.41. The molecule has 3 fully saturated rings. The van der Waals surface area contributed by atoms with Crippen LogP contribution in [0.15, 0.2) is 0 Å². The molecule has 1 saturated carbocycles. The molecule has 1 amide bonds. The number of hydrogen-bond acceptors (Lipinski definition) is 4. The summed E-state index contributed by atoms with van der Waals surface area (Å²) in [5.41, 5.74) is 0. The fraction of sp³-hybridized carbons (Fsp3) is 0.950. The average molecular weight is 352 g/mol. The predicted octanol–water partition coefficient (Wildman–Crippen LogP) is 1.99. The molecule has 25 heavy (non-hydrogen) atoms. The highest BCUT2D eigenvalue weighted by Crippen LogP contribution is 2.27. The first-order valence-electron chi connectivity index (χ1n) is 10.6. The molecule has 5 heteroatoms. The second-order valence-corrected chi connectivity index (χ2v) is 8.26. The Morgan fingerprint density at radius 2 is 1.68 bits per heavy atom. The maximum Gasteiger partial charge on any atom is 0.223 e. The first kappa shape index (κ1) is 19.1. The molecule has 0 aromatic heterocycles. The molecule has 0 aromatic rings. The number of piperidine rings is 2. The van der Waals surface area contributed by atoms with Gasteiger partial charge in [0.2, 0.25) is 5.91 Å². The van der Waals surface area contributed by atoms with E-state index < -0.39 is 0 Å². The number of likely N-dealkylation sites (tertiary alicyclic amines) is 2. The van der Waals surface area contributed by atoms with Crippen molar-refractivity contribution >= 4 is 5.91 Å². The van der Waals surface area contributed by atoms with Crippen LogP contribution in [0.2, 0.25) is 0 Å². The van der Waals surface area contributed by atoms with Crippen LogP contribution < -0.4 is 5.32 Å². The van der Waals surface area contributed by atoms with E-state index in [0.717, 1.165) is 64.4 Å². The highest BCUT2D eigenvalue weighted by molar-refractivity contribution is 5.78. The van der Waals surface area contributed by atoms with Crippen molar-refractivity contribution in [1.82, 2.24) is 15.1 Å². The highest BCUT2D eigenvalue weighted by atomic mass is 16.3. The summed E-state index contributed by atoms with van der Waals surface area (Å²) in [6.45, 7) is 5.34. The molecule has 3 rings (SSSR count). The standard InChI is InChI=1S/C20H37N3O2/c24-16-19-8-3-4-12-22(19)13-5-11-21-20(25)17-9-14-23(15-10-17)18-6-1-2-7-18/h17-19,24H,1-16H2,(H,21,25). The van der Waals surface area contributed by atoms with Crippen LogP contribution in [0.5, 0.6) is 0 Å². The lowest BCUT2D eigenvalue weighted by Gasteiger charge is -2.35. The summed E-state index contributed by atoms with van der Waals surface area (Å²) < 4.78 is 0. The zero-order valence-corrected chi connectivity index (χ0v) is 15.8. The Bertz CT molecular complexity index is 404. The summed E-state index contributed by atoms with van der Waals surface area (Å²) in [7, 11) is 0. The number of nitrogens with one attached hydrogen (secondary N) is 1. The van der Waals surface area contributed by atoms with Gasteiger partial charge >= 0.3 is 0 Å². The van der Waals surface area contributed by atoms with Crippen molar-refractivity contribution in [3.05, 3.63) is 0 Å². The van der Waals surface area contributed by atoms with E-state index in [1.165, 1.54) is 38.5 Å². The second-order valence-electron chi connectivity index (χ2n) is 8.26. The van der Waals surface area contributed by atoms with Crippen LogP contribution >= 0.6 is 0 Å². The van der Waals surface area contributed by atoms with Crippen LogP contribution in [-0.2, 0) is 4.79 Å². The fourth-order valence-corrected chi connectivity index (χ4v) is 5.00. The topological polar surface area (TPSA) is 55.8 Å². The van der Waals surface area contributed by atoms with Crippen LogP contribution in [0.25, 0.3) is 0 Å². The molecule has 2 saturated heterocycles. The third-order valence-electron chi connectivity index (χ3n) is 6.62. The van der Waals surface area contributed by atoms with E-state index in [-0.39, 0.29) is 18.4 Å². The maximum atomic E-state index is 12.4. The molecule has 144 valence electrons. The zero-order chi connectivity index (χ0) is 17.5. The molecule has 1 atom stereocenters. The van der Waals surface area contributed by atoms with Gasteiger partial charge in [-0.1, -0.05) is 19.3 Å². The molecule has 0 radical (unpaired) electrons. The minimum atomic E-state index is 0.220. The van der Waals surface area contributed by atoms with E-state index in [1.54, 1.807) is 0 Å². The number of hydrogen-bond donors (Lipinski definition) is 2. The van der Waals surface area contributed by atoms with E-state index in [9.17, 15) is 9.90 Å². The molecule has 1 aliphatic carbocycles. The first-order valence-corrected chi connectivity index (χ1v) is 10.6. The van der Waals surface area contributed by atoms with Gasteiger partial charge in [0.05, 0.1) is 6.61 Å². The Hall–Kier alpha value is -0.650. The fourth-order valence-electron chi connectivity index (χ4n) is 5.00. The number of rotatable bonds is 7. The lowest BCUT2D eigenvalue weighted by molar-refractivity contribution is -0.126. The molecule has 5 nitrogen and oxygen atoms in total. The minimum absolute atomic E-state index is 0.220. The average Bonchev–Trinajstić information content (AvgIpc) is 3.20. The summed E-state index contributed by atoms with van der Waals surface area (Å²) >= 11 is 0. The highest BCUT2D eigenvalue weighted by Gasteiger charge is 2.29. The van der Waals surface area contributed by atoms with Crippen molar-refractivity contribution in [2.45, 2.75) is 76.3 Å². The van der Waals surface area contributed by atoms with Crippen molar-refractivity contribution in [3.8, 4) is 0 Å². The number of carbonyl (C=O) groups is 1. The van der Waals surface area contributed by atoms with Crippen molar-refractivity contribution in [2.24, 2.45) is 5.92 Å². The molecule has 3 aliphatic rings. The summed E-state index contributed by atoms with van der Waals surface area (Å²) in [6, 6.07) is 1.14. The molecular weight excluding hydrogens is 314 g/mol. The largest absolute Gasteiger partial charge is 0.395 e. The van der Waals surface area contributed by atoms with Gasteiger partial charge in [-0.3, -0.25) is 9.69 Å². The number of amides is 1. The zero-order valence-electron chi connectivity index (χ0n) is 15.8. The molecule has 0 aromatic carbocycles. The summed E-state index contributed by atoms with van der Waals surface area (Å²) in [5.74, 6) is 0.487. The third-order valence-corrected chi connectivity index (χ3v) is 6.62. The van der Waals surface area contributed by atoms with Gasteiger partial charge in [0.1, 0.15) is 0 Å². The molecule has 2 N–H and O–H groups in total. The number of aliphatic hydroxyl groups excluding tert-OH is 1. The van der Waals surface area contributed by atoms with Gasteiger partial charge < -0.3 is 15.3 Å². The molecule has 0 bridgehead atoms. The quantitative estimate of drug-likeness (QED) is 0.689. The van der Waals surface area contributed by atoms with Gasteiger partial charge in [-0.2, -0.15) is 0 Å². The maximum absolute atomic E-state index is 12.4. The SMILES string of the molecule is O=C(NCCCN1CCCCC1CO)C1CCN(C2CCCC2)CC1. The normalized spacial score (nSPS) is 27.6. The van der Waals surface area contributed by atoms with Crippen molar-refractivity contribution in [2.75, 3.05) is 39.3 Å². The van der Waals surface area contributed by atoms with E-state index >= 15 is 0 Å². The van der Waals surface area contributed by atoms with E-state index in [0.29, 0.717) is 6.04 Å². The number of nitrogens with zero attached hydrogens (tertiary/aromatic N) is 2. The van der Waals surface area contributed by atoms with Gasteiger partial charge in [-0.05, 0) is 64.6 Å². The Balaban J connectivity index is 1.29. The van der Waals surface area contributed by atoms with Gasteiger partial charge in [0, 0.05) is 31.1 Å². The van der Waals surface area contributed by atoms with Gasteiger partial charge in [0.15, 0.2) is 0 Å². The van der Waals surface area contributed by atoms with Crippen LogP contribution in [0.3, 0.4) is 0 Å². The van der Waals surface area contributed by atoms with E-state index in [2.05, 4.69) is 15.1 Å².